The molecule has 2 aromatic rings. The van der Waals surface area contributed by atoms with Gasteiger partial charge < -0.3 is 15.8 Å². The molecule has 0 unspecified atom stereocenters. The molecule has 0 saturated heterocycles. The monoisotopic (exact) mass is 298 g/mol. The minimum atomic E-state index is -1.10. The number of aromatic nitrogens is 2. The Bertz CT molecular complexity index is 641. The van der Waals surface area contributed by atoms with Crippen molar-refractivity contribution < 1.29 is 17.9 Å². The molecule has 0 fully saturated rings. The maximum atomic E-state index is 13.6. The lowest BCUT2D eigenvalue weighted by molar-refractivity contribution is 0.234. The number of nitrogens with one attached hydrogen (secondary N) is 1. The van der Waals surface area contributed by atoms with Crippen LogP contribution in [0.3, 0.4) is 0 Å². The average molecular weight is 298 g/mol. The van der Waals surface area contributed by atoms with E-state index in [-0.39, 0.29) is 23.5 Å². The fourth-order valence-corrected chi connectivity index (χ4v) is 1.58. The maximum absolute atomic E-state index is 13.6. The summed E-state index contributed by atoms with van der Waals surface area (Å²) in [6.07, 6.45) is 0.949. The molecule has 1 heterocycles. The molecule has 0 bridgehead atoms. The van der Waals surface area contributed by atoms with Crippen LogP contribution >= 0.6 is 0 Å². The quantitative estimate of drug-likeness (QED) is 0.907. The van der Waals surface area contributed by atoms with Crippen LogP contribution in [-0.4, -0.2) is 16.1 Å². The topological polar surface area (TPSA) is 73.1 Å². The van der Waals surface area contributed by atoms with Gasteiger partial charge in [0.25, 0.3) is 0 Å². The second kappa shape index (κ2) is 5.86. The molecule has 3 N–H and O–H groups in total. The van der Waals surface area contributed by atoms with Crippen molar-refractivity contribution in [1.82, 2.24) is 9.97 Å². The minimum absolute atomic E-state index is 0.00525. The Morgan fingerprint density at radius 1 is 1.14 bits per heavy atom. The zero-order chi connectivity index (χ0) is 15.6. The molecule has 21 heavy (non-hydrogen) atoms. The SMILES string of the molecule is CC(C)Oc1ncnc(Nc2c(F)cc(F)cc2F)c1N. The highest BCUT2D eigenvalue weighted by molar-refractivity contribution is 5.72. The molecular formula is C13H13F3N4O. The van der Waals surface area contributed by atoms with Crippen LogP contribution in [0.25, 0.3) is 0 Å². The summed E-state index contributed by atoms with van der Waals surface area (Å²) in [6.45, 7) is 3.54. The molecule has 0 radical (unpaired) electrons. The number of nitrogen functional groups attached to an aromatic ring is 1. The van der Waals surface area contributed by atoms with Crippen molar-refractivity contribution in [3.63, 3.8) is 0 Å². The zero-order valence-electron chi connectivity index (χ0n) is 11.3. The second-order valence-electron chi connectivity index (χ2n) is 4.48. The van der Waals surface area contributed by atoms with Crippen molar-refractivity contribution in [2.45, 2.75) is 20.0 Å². The summed E-state index contributed by atoms with van der Waals surface area (Å²) in [7, 11) is 0. The molecule has 0 spiro atoms. The zero-order valence-corrected chi connectivity index (χ0v) is 11.3. The van der Waals surface area contributed by atoms with E-state index >= 15 is 0 Å². The van der Waals surface area contributed by atoms with Gasteiger partial charge in [0.1, 0.15) is 23.5 Å². The van der Waals surface area contributed by atoms with Crippen molar-refractivity contribution in [1.29, 1.82) is 0 Å². The van der Waals surface area contributed by atoms with E-state index in [0.29, 0.717) is 12.1 Å². The molecule has 2 rings (SSSR count). The average Bonchev–Trinajstić information content (AvgIpc) is 2.37. The van der Waals surface area contributed by atoms with Crippen LogP contribution in [0.15, 0.2) is 18.5 Å². The molecule has 0 saturated carbocycles. The van der Waals surface area contributed by atoms with Gasteiger partial charge in [-0.25, -0.2) is 18.2 Å². The molecule has 0 aliphatic heterocycles. The maximum Gasteiger partial charge on any atom is 0.242 e. The van der Waals surface area contributed by atoms with Gasteiger partial charge in [0.2, 0.25) is 5.88 Å². The Labute approximate surface area is 119 Å². The van der Waals surface area contributed by atoms with Gasteiger partial charge in [-0.2, -0.15) is 4.98 Å². The summed E-state index contributed by atoms with van der Waals surface area (Å²) in [4.78, 5) is 7.63. The van der Waals surface area contributed by atoms with Crippen molar-refractivity contribution >= 4 is 17.2 Å². The van der Waals surface area contributed by atoms with Crippen molar-refractivity contribution in [3.8, 4) is 5.88 Å². The number of hydrogen-bond donors (Lipinski definition) is 2. The van der Waals surface area contributed by atoms with Crippen LogP contribution in [0, 0.1) is 17.5 Å². The number of anilines is 3. The number of halogens is 3. The lowest BCUT2D eigenvalue weighted by atomic mass is 10.2. The Hall–Kier alpha value is -2.51. The smallest absolute Gasteiger partial charge is 0.242 e. The molecule has 0 aliphatic rings. The lowest BCUT2D eigenvalue weighted by Crippen LogP contribution is -2.11. The van der Waals surface area contributed by atoms with Crippen molar-refractivity contribution in [2.75, 3.05) is 11.1 Å². The van der Waals surface area contributed by atoms with Crippen LogP contribution in [0.1, 0.15) is 13.8 Å². The minimum Gasteiger partial charge on any atom is -0.473 e. The Balaban J connectivity index is 2.36. The first kappa shape index (κ1) is 14.9. The van der Waals surface area contributed by atoms with Crippen LogP contribution < -0.4 is 15.8 Å². The predicted octanol–water partition coefficient (Wildman–Crippen LogP) is 3.01. The molecule has 8 heteroatoms. The van der Waals surface area contributed by atoms with Crippen molar-refractivity contribution in [2.24, 2.45) is 0 Å². The molecule has 1 aromatic carbocycles. The summed E-state index contributed by atoms with van der Waals surface area (Å²) in [5, 5.41) is 2.38. The Morgan fingerprint density at radius 2 is 1.76 bits per heavy atom. The summed E-state index contributed by atoms with van der Waals surface area (Å²) >= 11 is 0. The van der Waals surface area contributed by atoms with Crippen molar-refractivity contribution in [3.05, 3.63) is 35.9 Å². The third-order valence-corrected chi connectivity index (χ3v) is 2.44. The highest BCUT2D eigenvalue weighted by atomic mass is 19.1. The van der Waals surface area contributed by atoms with E-state index < -0.39 is 23.1 Å². The van der Waals surface area contributed by atoms with E-state index in [1.165, 1.54) is 0 Å². The van der Waals surface area contributed by atoms with E-state index in [4.69, 9.17) is 10.5 Å². The largest absolute Gasteiger partial charge is 0.473 e. The fraction of sp³-hybridized carbons (Fsp3) is 0.231. The van der Waals surface area contributed by atoms with E-state index in [2.05, 4.69) is 15.3 Å². The van der Waals surface area contributed by atoms with Gasteiger partial charge in [-0.1, -0.05) is 0 Å². The first-order valence-corrected chi connectivity index (χ1v) is 6.07. The van der Waals surface area contributed by atoms with Gasteiger partial charge in [0, 0.05) is 12.1 Å². The van der Waals surface area contributed by atoms with Gasteiger partial charge in [0.05, 0.1) is 6.10 Å². The molecular weight excluding hydrogens is 285 g/mol. The molecule has 112 valence electrons. The van der Waals surface area contributed by atoms with E-state index in [0.717, 1.165) is 6.33 Å². The number of hydrogen-bond acceptors (Lipinski definition) is 5. The van der Waals surface area contributed by atoms with Crippen LogP contribution in [0.5, 0.6) is 5.88 Å². The van der Waals surface area contributed by atoms with Gasteiger partial charge in [0.15, 0.2) is 17.5 Å². The summed E-state index contributed by atoms with van der Waals surface area (Å²) in [5.74, 6) is -3.17. The predicted molar refractivity (Wildman–Crippen MR) is 71.8 cm³/mol. The molecule has 0 atom stereocenters. The van der Waals surface area contributed by atoms with Crippen LogP contribution in [-0.2, 0) is 0 Å². The number of nitrogens with zero attached hydrogens (tertiary/aromatic N) is 2. The molecule has 0 aliphatic carbocycles. The summed E-state index contributed by atoms with van der Waals surface area (Å²) in [6, 6.07) is 1.10. The van der Waals surface area contributed by atoms with Gasteiger partial charge in [-0.3, -0.25) is 0 Å². The van der Waals surface area contributed by atoms with Crippen LogP contribution in [0.2, 0.25) is 0 Å². The number of nitrogens with two attached hydrogens (primary N) is 1. The first-order valence-electron chi connectivity index (χ1n) is 6.07. The lowest BCUT2D eigenvalue weighted by Gasteiger charge is -2.14. The van der Waals surface area contributed by atoms with E-state index in [9.17, 15) is 13.2 Å². The highest BCUT2D eigenvalue weighted by Gasteiger charge is 2.16. The number of benzene rings is 1. The fourth-order valence-electron chi connectivity index (χ4n) is 1.58. The Kier molecular flexibility index (Phi) is 4.15. The van der Waals surface area contributed by atoms with Gasteiger partial charge in [-0.05, 0) is 13.8 Å². The van der Waals surface area contributed by atoms with E-state index in [1.807, 2.05) is 0 Å². The highest BCUT2D eigenvalue weighted by Crippen LogP contribution is 2.30. The third kappa shape index (κ3) is 3.33. The third-order valence-electron chi connectivity index (χ3n) is 2.44. The molecule has 5 nitrogen and oxygen atoms in total. The molecule has 1 aromatic heterocycles. The first-order chi connectivity index (χ1) is 9.88. The summed E-state index contributed by atoms with van der Waals surface area (Å²) < 4.78 is 45.4. The Morgan fingerprint density at radius 3 is 2.33 bits per heavy atom. The molecule has 0 amide bonds. The van der Waals surface area contributed by atoms with Gasteiger partial charge in [-0.15, -0.1) is 0 Å². The summed E-state index contributed by atoms with van der Waals surface area (Å²) in [5.41, 5.74) is 5.21. The van der Waals surface area contributed by atoms with Crippen LogP contribution in [0.4, 0.5) is 30.4 Å². The number of ether oxygens (including phenoxy) is 1. The van der Waals surface area contributed by atoms with Gasteiger partial charge >= 0.3 is 0 Å². The second-order valence-corrected chi connectivity index (χ2v) is 4.48. The number of rotatable bonds is 4. The normalized spacial score (nSPS) is 10.8. The van der Waals surface area contributed by atoms with E-state index in [1.54, 1.807) is 13.8 Å². The standard InChI is InChI=1S/C13H13F3N4O/c1-6(2)21-13-10(17)12(18-5-19-13)20-11-8(15)3-7(14)4-9(11)16/h3-6H,17H2,1-2H3,(H,18,19,20).